The smallest absolute Gasteiger partial charge is 0.307 e. The average Bonchev–Trinajstić information content (AvgIpc) is 2.02. The van der Waals surface area contributed by atoms with Crippen LogP contribution in [0, 0.1) is 11.8 Å². The molecule has 0 amide bonds. The van der Waals surface area contributed by atoms with E-state index in [0.29, 0.717) is 11.8 Å². The fourth-order valence-electron chi connectivity index (χ4n) is 0.945. The number of hydrogen-bond acceptors (Lipinski definition) is 1. The van der Waals surface area contributed by atoms with Crippen molar-refractivity contribution in [3.8, 4) is 0 Å². The number of carbonyl (C=O) groups is 1. The van der Waals surface area contributed by atoms with Gasteiger partial charge in [0.15, 0.2) is 0 Å². The SMILES string of the molecule is CCC(C)C(C)C=CCC(=O)O. The molecule has 0 aromatic rings. The lowest BCUT2D eigenvalue weighted by Gasteiger charge is -2.13. The molecule has 1 N–H and O–H groups in total. The number of aliphatic carboxylic acids is 1. The first kappa shape index (κ1) is 11.2. The van der Waals surface area contributed by atoms with Gasteiger partial charge in [-0.05, 0) is 11.8 Å². The Kier molecular flexibility index (Phi) is 5.43. The van der Waals surface area contributed by atoms with Crippen LogP contribution >= 0.6 is 0 Å². The summed E-state index contributed by atoms with van der Waals surface area (Å²) < 4.78 is 0. The molecule has 0 aromatic heterocycles. The summed E-state index contributed by atoms with van der Waals surface area (Å²) in [5.74, 6) is 0.354. The van der Waals surface area contributed by atoms with Crippen molar-refractivity contribution in [2.45, 2.75) is 33.6 Å². The highest BCUT2D eigenvalue weighted by molar-refractivity contribution is 5.68. The van der Waals surface area contributed by atoms with Crippen LogP contribution in [-0.2, 0) is 4.79 Å². The zero-order valence-corrected chi connectivity index (χ0v) is 8.08. The van der Waals surface area contributed by atoms with Crippen molar-refractivity contribution >= 4 is 5.97 Å². The summed E-state index contributed by atoms with van der Waals surface area (Å²) in [5, 5.41) is 8.37. The van der Waals surface area contributed by atoms with E-state index in [1.165, 1.54) is 0 Å². The van der Waals surface area contributed by atoms with E-state index in [4.69, 9.17) is 5.11 Å². The van der Waals surface area contributed by atoms with Crippen LogP contribution in [0.5, 0.6) is 0 Å². The van der Waals surface area contributed by atoms with E-state index in [0.717, 1.165) is 6.42 Å². The molecule has 0 fully saturated rings. The topological polar surface area (TPSA) is 37.3 Å². The van der Waals surface area contributed by atoms with Gasteiger partial charge in [-0.25, -0.2) is 0 Å². The minimum atomic E-state index is -0.761. The van der Waals surface area contributed by atoms with Gasteiger partial charge in [-0.2, -0.15) is 0 Å². The van der Waals surface area contributed by atoms with E-state index in [1.54, 1.807) is 6.08 Å². The molecular weight excluding hydrogens is 152 g/mol. The maximum absolute atomic E-state index is 10.2. The van der Waals surface area contributed by atoms with Crippen LogP contribution in [0.1, 0.15) is 33.6 Å². The summed E-state index contributed by atoms with van der Waals surface area (Å²) in [6.45, 7) is 6.44. The molecule has 0 heterocycles. The molecule has 0 bridgehead atoms. The fraction of sp³-hybridized carbons (Fsp3) is 0.700. The molecule has 0 rings (SSSR count). The van der Waals surface area contributed by atoms with E-state index in [1.807, 2.05) is 6.08 Å². The molecule has 0 aliphatic carbocycles. The van der Waals surface area contributed by atoms with Crippen LogP contribution in [0.4, 0.5) is 0 Å². The summed E-state index contributed by atoms with van der Waals surface area (Å²) >= 11 is 0. The van der Waals surface area contributed by atoms with Crippen molar-refractivity contribution in [1.82, 2.24) is 0 Å². The molecule has 0 radical (unpaired) electrons. The van der Waals surface area contributed by atoms with Gasteiger partial charge in [0.2, 0.25) is 0 Å². The Bertz CT molecular complexity index is 161. The number of allylic oxidation sites excluding steroid dienone is 1. The van der Waals surface area contributed by atoms with E-state index in [9.17, 15) is 4.79 Å². The van der Waals surface area contributed by atoms with Gasteiger partial charge in [-0.15, -0.1) is 0 Å². The molecule has 0 spiro atoms. The molecule has 0 saturated carbocycles. The molecule has 2 unspecified atom stereocenters. The lowest BCUT2D eigenvalue weighted by atomic mass is 9.93. The van der Waals surface area contributed by atoms with Crippen LogP contribution in [0.15, 0.2) is 12.2 Å². The van der Waals surface area contributed by atoms with Crippen molar-refractivity contribution in [3.63, 3.8) is 0 Å². The largest absolute Gasteiger partial charge is 0.481 e. The molecule has 2 atom stereocenters. The molecule has 2 heteroatoms. The second kappa shape index (κ2) is 5.81. The first-order valence-corrected chi connectivity index (χ1v) is 4.46. The van der Waals surface area contributed by atoms with E-state index >= 15 is 0 Å². The van der Waals surface area contributed by atoms with Gasteiger partial charge in [-0.1, -0.05) is 39.3 Å². The average molecular weight is 170 g/mol. The summed E-state index contributed by atoms with van der Waals surface area (Å²) in [6.07, 6.45) is 5.00. The summed E-state index contributed by atoms with van der Waals surface area (Å²) in [7, 11) is 0. The third kappa shape index (κ3) is 4.94. The molecule has 2 nitrogen and oxygen atoms in total. The molecule has 0 aliphatic rings. The quantitative estimate of drug-likeness (QED) is 0.644. The Hall–Kier alpha value is -0.790. The predicted molar refractivity (Wildman–Crippen MR) is 50.0 cm³/mol. The number of hydrogen-bond donors (Lipinski definition) is 1. The number of carboxylic acids is 1. The Morgan fingerprint density at radius 3 is 2.50 bits per heavy atom. The van der Waals surface area contributed by atoms with Gasteiger partial charge in [-0.3, -0.25) is 4.79 Å². The Balaban J connectivity index is 3.74. The molecular formula is C10H18O2. The van der Waals surface area contributed by atoms with Crippen LogP contribution in [0.25, 0.3) is 0 Å². The lowest BCUT2D eigenvalue weighted by Crippen LogP contribution is -2.03. The zero-order chi connectivity index (χ0) is 9.56. The van der Waals surface area contributed by atoms with Gasteiger partial charge < -0.3 is 5.11 Å². The Labute approximate surface area is 74.3 Å². The van der Waals surface area contributed by atoms with E-state index in [2.05, 4.69) is 20.8 Å². The van der Waals surface area contributed by atoms with Crippen LogP contribution < -0.4 is 0 Å². The van der Waals surface area contributed by atoms with E-state index < -0.39 is 5.97 Å². The number of rotatable bonds is 5. The summed E-state index contributed by atoms with van der Waals surface area (Å²) in [6, 6.07) is 0. The minimum Gasteiger partial charge on any atom is -0.481 e. The second-order valence-corrected chi connectivity index (χ2v) is 3.27. The van der Waals surface area contributed by atoms with Crippen LogP contribution in [0.2, 0.25) is 0 Å². The Morgan fingerprint density at radius 2 is 2.08 bits per heavy atom. The van der Waals surface area contributed by atoms with Gasteiger partial charge in [0.05, 0.1) is 6.42 Å². The highest BCUT2D eigenvalue weighted by Crippen LogP contribution is 2.15. The first-order valence-electron chi connectivity index (χ1n) is 4.46. The Morgan fingerprint density at radius 1 is 1.50 bits per heavy atom. The standard InChI is InChI=1S/C10H18O2/c1-4-8(2)9(3)6-5-7-10(11)12/h5-6,8-9H,4,7H2,1-3H3,(H,11,12). The third-order valence-corrected chi connectivity index (χ3v) is 2.27. The molecule has 0 saturated heterocycles. The highest BCUT2D eigenvalue weighted by atomic mass is 16.4. The minimum absolute atomic E-state index is 0.140. The molecule has 12 heavy (non-hydrogen) atoms. The second-order valence-electron chi connectivity index (χ2n) is 3.27. The van der Waals surface area contributed by atoms with Crippen molar-refractivity contribution in [3.05, 3.63) is 12.2 Å². The van der Waals surface area contributed by atoms with Crippen LogP contribution in [-0.4, -0.2) is 11.1 Å². The van der Waals surface area contributed by atoms with Gasteiger partial charge >= 0.3 is 5.97 Å². The molecule has 0 aromatic carbocycles. The molecule has 70 valence electrons. The van der Waals surface area contributed by atoms with Crippen molar-refractivity contribution < 1.29 is 9.90 Å². The molecule has 0 aliphatic heterocycles. The number of carboxylic acid groups (broad SMARTS) is 1. The summed E-state index contributed by atoms with van der Waals surface area (Å²) in [5.41, 5.74) is 0. The third-order valence-electron chi connectivity index (χ3n) is 2.27. The monoisotopic (exact) mass is 170 g/mol. The predicted octanol–water partition coefficient (Wildman–Crippen LogP) is 2.70. The normalized spacial score (nSPS) is 16.2. The van der Waals surface area contributed by atoms with Gasteiger partial charge in [0.1, 0.15) is 0 Å². The van der Waals surface area contributed by atoms with Crippen molar-refractivity contribution in [1.29, 1.82) is 0 Å². The van der Waals surface area contributed by atoms with Gasteiger partial charge in [0.25, 0.3) is 0 Å². The summed E-state index contributed by atoms with van der Waals surface area (Å²) in [4.78, 5) is 10.2. The fourth-order valence-corrected chi connectivity index (χ4v) is 0.945. The lowest BCUT2D eigenvalue weighted by molar-refractivity contribution is -0.136. The first-order chi connectivity index (χ1) is 5.57. The zero-order valence-electron chi connectivity index (χ0n) is 8.08. The van der Waals surface area contributed by atoms with Crippen LogP contribution in [0.3, 0.4) is 0 Å². The van der Waals surface area contributed by atoms with Crippen molar-refractivity contribution in [2.24, 2.45) is 11.8 Å². The highest BCUT2D eigenvalue weighted by Gasteiger charge is 2.05. The maximum Gasteiger partial charge on any atom is 0.307 e. The van der Waals surface area contributed by atoms with Crippen molar-refractivity contribution in [2.75, 3.05) is 0 Å². The van der Waals surface area contributed by atoms with E-state index in [-0.39, 0.29) is 6.42 Å². The van der Waals surface area contributed by atoms with Gasteiger partial charge in [0, 0.05) is 0 Å². The maximum atomic E-state index is 10.2.